The summed E-state index contributed by atoms with van der Waals surface area (Å²) in [6.07, 6.45) is 8.30. The summed E-state index contributed by atoms with van der Waals surface area (Å²) in [5.74, 6) is 0.856. The number of unbranched alkanes of at least 4 members (excludes halogenated alkanes) is 1. The zero-order valence-electron chi connectivity index (χ0n) is 13.1. The highest BCUT2D eigenvalue weighted by atomic mass is 35.5. The lowest BCUT2D eigenvalue weighted by atomic mass is 9.86. The Kier molecular flexibility index (Phi) is 5.20. The van der Waals surface area contributed by atoms with E-state index in [-0.39, 0.29) is 18.5 Å². The topological polar surface area (TPSA) is 27.7 Å². The first-order valence-electron chi connectivity index (χ1n) is 8.07. The summed E-state index contributed by atoms with van der Waals surface area (Å²) in [6.45, 7) is 3.88. The minimum absolute atomic E-state index is 0.00959. The lowest BCUT2D eigenvalue weighted by Crippen LogP contribution is -2.31. The molecule has 1 aliphatic carbocycles. The molecular formula is C17H24Cl2O3. The molecule has 3 rings (SSSR count). The number of hydrogen-bond donors (Lipinski definition) is 0. The van der Waals surface area contributed by atoms with Gasteiger partial charge in [-0.1, -0.05) is 29.3 Å². The Hall–Kier alpha value is -0.0600. The zero-order valence-corrected chi connectivity index (χ0v) is 14.6. The molecule has 2 heterocycles. The highest BCUT2D eigenvalue weighted by molar-refractivity contribution is 6.25. The average Bonchev–Trinajstić information content (AvgIpc) is 3.04. The quantitative estimate of drug-likeness (QED) is 0.414. The predicted molar refractivity (Wildman–Crippen MR) is 87.9 cm³/mol. The van der Waals surface area contributed by atoms with Gasteiger partial charge in [-0.2, -0.15) is 0 Å². The molecule has 2 aliphatic heterocycles. The van der Waals surface area contributed by atoms with Gasteiger partial charge in [0, 0.05) is 17.3 Å². The van der Waals surface area contributed by atoms with E-state index >= 15 is 0 Å². The molecule has 0 aromatic heterocycles. The first-order chi connectivity index (χ1) is 10.6. The number of halogens is 2. The number of hydrogen-bond acceptors (Lipinski definition) is 3. The molecule has 0 radical (unpaired) electrons. The van der Waals surface area contributed by atoms with Crippen molar-refractivity contribution in [2.75, 3.05) is 5.88 Å². The molecule has 3 fully saturated rings. The highest BCUT2D eigenvalue weighted by Gasteiger charge is 2.59. The molecule has 0 aromatic carbocycles. The lowest BCUT2D eigenvalue weighted by molar-refractivity contribution is -0.208. The Bertz CT molecular complexity index is 461. The monoisotopic (exact) mass is 346 g/mol. The van der Waals surface area contributed by atoms with Crippen molar-refractivity contribution >= 4 is 23.2 Å². The second-order valence-corrected chi connectivity index (χ2v) is 7.35. The van der Waals surface area contributed by atoms with Crippen molar-refractivity contribution in [1.29, 1.82) is 0 Å². The second kappa shape index (κ2) is 6.82. The van der Waals surface area contributed by atoms with Crippen LogP contribution in [0.4, 0.5) is 0 Å². The van der Waals surface area contributed by atoms with E-state index < -0.39 is 5.79 Å². The summed E-state index contributed by atoms with van der Waals surface area (Å²) in [5, 5.41) is 0. The number of rotatable bonds is 5. The Morgan fingerprint density at radius 3 is 2.82 bits per heavy atom. The van der Waals surface area contributed by atoms with Gasteiger partial charge < -0.3 is 14.2 Å². The molecule has 0 bridgehead atoms. The summed E-state index contributed by atoms with van der Waals surface area (Å²) >= 11 is 11.8. The molecule has 2 saturated heterocycles. The van der Waals surface area contributed by atoms with Gasteiger partial charge in [0.15, 0.2) is 12.1 Å². The first kappa shape index (κ1) is 16.8. The summed E-state index contributed by atoms with van der Waals surface area (Å²) < 4.78 is 18.0. The van der Waals surface area contributed by atoms with Crippen molar-refractivity contribution in [3.8, 4) is 0 Å². The fourth-order valence-electron chi connectivity index (χ4n) is 3.89. The molecule has 1 saturated carbocycles. The molecule has 5 heteroatoms. The third-order valence-corrected chi connectivity index (χ3v) is 5.33. The van der Waals surface area contributed by atoms with Crippen molar-refractivity contribution in [2.45, 2.75) is 63.8 Å². The largest absolute Gasteiger partial charge is 0.346 e. The fraction of sp³-hybridized carbons (Fsp3) is 0.765. The number of fused-ring (bicyclic) bond motifs is 3. The van der Waals surface area contributed by atoms with Gasteiger partial charge in [-0.15, -0.1) is 11.6 Å². The van der Waals surface area contributed by atoms with Crippen LogP contribution in [0.2, 0.25) is 0 Å². The van der Waals surface area contributed by atoms with Gasteiger partial charge in [0.05, 0.1) is 6.10 Å². The average molecular weight is 347 g/mol. The van der Waals surface area contributed by atoms with E-state index in [1.165, 1.54) is 5.57 Å². The van der Waals surface area contributed by atoms with Crippen LogP contribution in [0.5, 0.6) is 0 Å². The van der Waals surface area contributed by atoms with Gasteiger partial charge in [0.1, 0.15) is 6.10 Å². The molecule has 124 valence electrons. The van der Waals surface area contributed by atoms with Crippen molar-refractivity contribution in [3.05, 3.63) is 23.3 Å². The van der Waals surface area contributed by atoms with Gasteiger partial charge in [-0.25, -0.2) is 0 Å². The van der Waals surface area contributed by atoms with Gasteiger partial charge in [0.25, 0.3) is 0 Å². The third-order valence-electron chi connectivity index (χ3n) is 4.78. The van der Waals surface area contributed by atoms with Crippen LogP contribution in [-0.2, 0) is 14.2 Å². The van der Waals surface area contributed by atoms with Crippen LogP contribution >= 0.6 is 23.2 Å². The number of alkyl halides is 1. The Balaban J connectivity index is 1.69. The Labute approximate surface area is 142 Å². The van der Waals surface area contributed by atoms with Gasteiger partial charge in [-0.3, -0.25) is 0 Å². The highest BCUT2D eigenvalue weighted by Crippen LogP contribution is 2.52. The molecule has 0 N–H and O–H groups in total. The molecule has 3 aliphatic rings. The normalized spacial score (nSPS) is 41.5. The third kappa shape index (κ3) is 3.25. The van der Waals surface area contributed by atoms with E-state index in [2.05, 4.69) is 12.2 Å². The van der Waals surface area contributed by atoms with E-state index in [0.29, 0.717) is 17.7 Å². The molecular weight excluding hydrogens is 323 g/mol. The predicted octanol–water partition coefficient (Wildman–Crippen LogP) is 4.59. The molecule has 0 spiro atoms. The first-order valence-corrected chi connectivity index (χ1v) is 9.04. The molecule has 22 heavy (non-hydrogen) atoms. The molecule has 5 atom stereocenters. The maximum Gasteiger partial charge on any atom is 0.187 e. The fourth-order valence-corrected chi connectivity index (χ4v) is 4.30. The minimum Gasteiger partial charge on any atom is -0.346 e. The molecule has 0 aromatic rings. The van der Waals surface area contributed by atoms with E-state index in [9.17, 15) is 0 Å². The Morgan fingerprint density at radius 1 is 1.27 bits per heavy atom. The van der Waals surface area contributed by atoms with Crippen LogP contribution in [0.25, 0.3) is 0 Å². The summed E-state index contributed by atoms with van der Waals surface area (Å²) in [6, 6.07) is 0. The standard InChI is InChI=1S/C17H24Cl2O3/c1-17(2)21-15-14-12(7-5-3-4-6-8-18)11(10-19)9-13(14)20-16(15)22-17/h3,5,10,12-16H,4,6-9H2,1-2H3/b5-3-,11-10+/t12-,13+,14+,15+,16+/m0/s1. The smallest absolute Gasteiger partial charge is 0.187 e. The van der Waals surface area contributed by atoms with Gasteiger partial charge >= 0.3 is 0 Å². The molecule has 0 amide bonds. The zero-order chi connectivity index (χ0) is 15.7. The van der Waals surface area contributed by atoms with Crippen LogP contribution in [-0.4, -0.2) is 30.2 Å². The van der Waals surface area contributed by atoms with Crippen LogP contribution in [0.15, 0.2) is 23.3 Å². The van der Waals surface area contributed by atoms with E-state index in [1.54, 1.807) is 5.54 Å². The van der Waals surface area contributed by atoms with Crippen molar-refractivity contribution in [2.24, 2.45) is 11.8 Å². The summed E-state index contributed by atoms with van der Waals surface area (Å²) in [7, 11) is 0. The van der Waals surface area contributed by atoms with Crippen LogP contribution in [0.1, 0.15) is 39.5 Å². The maximum atomic E-state index is 6.10. The maximum absolute atomic E-state index is 6.10. The lowest BCUT2D eigenvalue weighted by Gasteiger charge is -2.24. The molecule has 0 unspecified atom stereocenters. The van der Waals surface area contributed by atoms with Crippen LogP contribution < -0.4 is 0 Å². The van der Waals surface area contributed by atoms with Crippen molar-refractivity contribution in [3.63, 3.8) is 0 Å². The van der Waals surface area contributed by atoms with E-state index in [0.717, 1.165) is 25.7 Å². The van der Waals surface area contributed by atoms with Gasteiger partial charge in [-0.05, 0) is 45.4 Å². The second-order valence-electron chi connectivity index (χ2n) is 6.75. The molecule has 3 nitrogen and oxygen atoms in total. The SMILES string of the molecule is CC1(C)O[C@H]2O[C@@H]3C/C(=C\Cl)[C@H](C/C=C\CCCCl)[C@H]3[C@H]2O1. The van der Waals surface area contributed by atoms with E-state index in [4.69, 9.17) is 37.4 Å². The number of ether oxygens (including phenoxy) is 3. The Morgan fingerprint density at radius 2 is 2.09 bits per heavy atom. The van der Waals surface area contributed by atoms with Crippen LogP contribution in [0, 0.1) is 11.8 Å². The summed E-state index contributed by atoms with van der Waals surface area (Å²) in [5.41, 5.74) is 3.00. The summed E-state index contributed by atoms with van der Waals surface area (Å²) in [4.78, 5) is 0. The van der Waals surface area contributed by atoms with Gasteiger partial charge in [0.2, 0.25) is 0 Å². The van der Waals surface area contributed by atoms with Crippen molar-refractivity contribution < 1.29 is 14.2 Å². The van der Waals surface area contributed by atoms with E-state index in [1.807, 2.05) is 13.8 Å². The number of allylic oxidation sites excluding steroid dienone is 2. The minimum atomic E-state index is -0.561. The van der Waals surface area contributed by atoms with Crippen molar-refractivity contribution in [1.82, 2.24) is 0 Å². The van der Waals surface area contributed by atoms with Crippen LogP contribution in [0.3, 0.4) is 0 Å².